The molecule has 3 atom stereocenters. The fourth-order valence-corrected chi connectivity index (χ4v) is 3.17. The lowest BCUT2D eigenvalue weighted by Gasteiger charge is -2.16. The van der Waals surface area contributed by atoms with Crippen LogP contribution in [0.2, 0.25) is 0 Å². The van der Waals surface area contributed by atoms with Crippen LogP contribution in [0, 0.1) is 11.8 Å². The van der Waals surface area contributed by atoms with E-state index in [2.05, 4.69) is 4.74 Å². The zero-order chi connectivity index (χ0) is 16.6. The third-order valence-electron chi connectivity index (χ3n) is 4.51. The zero-order valence-corrected chi connectivity index (χ0v) is 12.4. The number of aliphatic hydroxyl groups is 1. The summed E-state index contributed by atoms with van der Waals surface area (Å²) in [6.45, 7) is 1.36. The number of aliphatic hydroxyl groups excluding tert-OH is 1. The molecule has 1 saturated carbocycles. The largest absolute Gasteiger partial charge is 0.573 e. The molecule has 1 aromatic carbocycles. The van der Waals surface area contributed by atoms with Gasteiger partial charge in [0.1, 0.15) is 5.75 Å². The second-order valence-corrected chi connectivity index (χ2v) is 6.19. The molecule has 3 unspecified atom stereocenters. The Morgan fingerprint density at radius 2 is 2.00 bits per heavy atom. The van der Waals surface area contributed by atoms with Gasteiger partial charge in [-0.3, -0.25) is 4.79 Å². The molecule has 1 N–H and O–H groups in total. The summed E-state index contributed by atoms with van der Waals surface area (Å²) in [7, 11) is 0. The summed E-state index contributed by atoms with van der Waals surface area (Å²) >= 11 is 0. The van der Waals surface area contributed by atoms with Gasteiger partial charge in [0.2, 0.25) is 5.91 Å². The Kier molecular flexibility index (Phi) is 4.23. The monoisotopic (exact) mass is 329 g/mol. The van der Waals surface area contributed by atoms with Gasteiger partial charge in [0.25, 0.3) is 0 Å². The number of halogens is 3. The van der Waals surface area contributed by atoms with Crippen LogP contribution in [-0.2, 0) is 4.79 Å². The first kappa shape index (κ1) is 16.1. The number of ether oxygens (including phenoxy) is 1. The molecule has 0 bridgehead atoms. The Morgan fingerprint density at radius 3 is 2.57 bits per heavy atom. The number of rotatable bonds is 4. The average molecular weight is 329 g/mol. The number of amides is 1. The molecule has 2 aliphatic rings. The Bertz CT molecular complexity index is 573. The fourth-order valence-electron chi connectivity index (χ4n) is 3.17. The first-order valence-electron chi connectivity index (χ1n) is 7.62. The number of carbonyl (C=O) groups is 1. The molecule has 0 spiro atoms. The quantitative estimate of drug-likeness (QED) is 0.923. The van der Waals surface area contributed by atoms with E-state index in [4.69, 9.17) is 5.11 Å². The Morgan fingerprint density at radius 1 is 1.30 bits per heavy atom. The summed E-state index contributed by atoms with van der Waals surface area (Å²) in [5.41, 5.74) is 0.857. The molecule has 1 amide bonds. The van der Waals surface area contributed by atoms with Gasteiger partial charge in [0.15, 0.2) is 0 Å². The highest BCUT2D eigenvalue weighted by molar-refractivity contribution is 5.83. The number of nitrogens with zero attached hydrogens (tertiary/aromatic N) is 1. The number of carbonyl (C=O) groups excluding carboxylic acids is 1. The van der Waals surface area contributed by atoms with Crippen LogP contribution >= 0.6 is 0 Å². The number of hydrogen-bond acceptors (Lipinski definition) is 3. The van der Waals surface area contributed by atoms with Gasteiger partial charge in [0.05, 0.1) is 0 Å². The summed E-state index contributed by atoms with van der Waals surface area (Å²) in [4.78, 5) is 14.2. The summed E-state index contributed by atoms with van der Waals surface area (Å²) in [5, 5.41) is 9.13. The van der Waals surface area contributed by atoms with Crippen molar-refractivity contribution in [2.75, 3.05) is 19.7 Å². The smallest absolute Gasteiger partial charge is 0.406 e. The number of benzene rings is 1. The van der Waals surface area contributed by atoms with Gasteiger partial charge < -0.3 is 14.7 Å². The van der Waals surface area contributed by atoms with E-state index in [9.17, 15) is 18.0 Å². The number of alkyl halides is 3. The van der Waals surface area contributed by atoms with E-state index in [0.717, 1.165) is 18.4 Å². The molecule has 0 radical (unpaired) electrons. The zero-order valence-electron chi connectivity index (χ0n) is 12.4. The molecule has 1 aliphatic heterocycles. The maximum absolute atomic E-state index is 12.4. The van der Waals surface area contributed by atoms with Crippen molar-refractivity contribution in [2.45, 2.75) is 25.1 Å². The summed E-state index contributed by atoms with van der Waals surface area (Å²) in [6.07, 6.45) is -3.15. The van der Waals surface area contributed by atoms with Crippen LogP contribution in [-0.4, -0.2) is 42.0 Å². The second-order valence-electron chi connectivity index (χ2n) is 6.19. The highest BCUT2D eigenvalue weighted by atomic mass is 19.4. The molecule has 126 valence electrons. The first-order chi connectivity index (χ1) is 10.9. The van der Waals surface area contributed by atoms with E-state index in [1.165, 1.54) is 12.1 Å². The van der Waals surface area contributed by atoms with Gasteiger partial charge in [-0.05, 0) is 36.5 Å². The standard InChI is InChI=1S/C16H18F3NO3/c17-16(18,19)23-12-3-1-11(2-4-12)13-7-14(13)15(22)20-6-5-10(8-20)9-21/h1-4,10,13-14,21H,5-9H2. The minimum absolute atomic E-state index is 0.0654. The third kappa shape index (κ3) is 3.77. The summed E-state index contributed by atoms with van der Waals surface area (Å²) in [6, 6.07) is 5.72. The highest BCUT2D eigenvalue weighted by Gasteiger charge is 2.46. The Labute approximate surface area is 131 Å². The minimum Gasteiger partial charge on any atom is -0.406 e. The molecule has 4 nitrogen and oxygen atoms in total. The molecular weight excluding hydrogens is 311 g/mol. The Balaban J connectivity index is 1.57. The van der Waals surface area contributed by atoms with E-state index in [0.29, 0.717) is 13.1 Å². The van der Waals surface area contributed by atoms with Crippen LogP contribution in [0.25, 0.3) is 0 Å². The molecule has 7 heteroatoms. The van der Waals surface area contributed by atoms with Gasteiger partial charge in [-0.1, -0.05) is 12.1 Å². The molecule has 2 fully saturated rings. The molecule has 1 saturated heterocycles. The van der Waals surface area contributed by atoms with Gasteiger partial charge in [-0.2, -0.15) is 0 Å². The summed E-state index contributed by atoms with van der Waals surface area (Å²) in [5.74, 6) is -0.0379. The highest BCUT2D eigenvalue weighted by Crippen LogP contribution is 2.49. The van der Waals surface area contributed by atoms with E-state index in [1.807, 2.05) is 0 Å². The van der Waals surface area contributed by atoms with E-state index >= 15 is 0 Å². The molecule has 1 aromatic rings. The lowest BCUT2D eigenvalue weighted by Crippen LogP contribution is -2.30. The van der Waals surface area contributed by atoms with Crippen LogP contribution in [0.5, 0.6) is 5.75 Å². The SMILES string of the molecule is O=C(C1CC1c1ccc(OC(F)(F)F)cc1)N1CCC(CO)C1. The minimum atomic E-state index is -4.70. The molecule has 1 heterocycles. The van der Waals surface area contributed by atoms with Gasteiger partial charge in [-0.25, -0.2) is 0 Å². The van der Waals surface area contributed by atoms with Crippen molar-refractivity contribution in [3.63, 3.8) is 0 Å². The summed E-state index contributed by atoms with van der Waals surface area (Å²) < 4.78 is 40.2. The molecule has 0 aromatic heterocycles. The molecular formula is C16H18F3NO3. The van der Waals surface area contributed by atoms with E-state index in [-0.39, 0.29) is 36.0 Å². The Hall–Kier alpha value is -1.76. The normalized spacial score (nSPS) is 27.1. The van der Waals surface area contributed by atoms with E-state index < -0.39 is 6.36 Å². The van der Waals surface area contributed by atoms with Gasteiger partial charge in [-0.15, -0.1) is 13.2 Å². The van der Waals surface area contributed by atoms with Gasteiger partial charge >= 0.3 is 6.36 Å². The third-order valence-corrected chi connectivity index (χ3v) is 4.51. The van der Waals surface area contributed by atoms with Crippen molar-refractivity contribution in [3.8, 4) is 5.75 Å². The van der Waals surface area contributed by atoms with Crippen LogP contribution in [0.15, 0.2) is 24.3 Å². The fraction of sp³-hybridized carbons (Fsp3) is 0.562. The van der Waals surface area contributed by atoms with Crippen molar-refractivity contribution in [3.05, 3.63) is 29.8 Å². The molecule has 23 heavy (non-hydrogen) atoms. The second kappa shape index (κ2) is 6.03. The number of hydrogen-bond donors (Lipinski definition) is 1. The molecule has 1 aliphatic carbocycles. The van der Waals surface area contributed by atoms with Crippen LogP contribution in [0.3, 0.4) is 0 Å². The van der Waals surface area contributed by atoms with Crippen molar-refractivity contribution < 1.29 is 27.8 Å². The average Bonchev–Trinajstić information content (AvgIpc) is 3.14. The van der Waals surface area contributed by atoms with E-state index in [1.54, 1.807) is 17.0 Å². The maximum atomic E-state index is 12.4. The predicted octanol–water partition coefficient (Wildman–Crippen LogP) is 2.53. The predicted molar refractivity (Wildman–Crippen MR) is 75.7 cm³/mol. The van der Waals surface area contributed by atoms with Crippen molar-refractivity contribution in [1.82, 2.24) is 4.90 Å². The first-order valence-corrected chi connectivity index (χ1v) is 7.62. The van der Waals surface area contributed by atoms with Crippen molar-refractivity contribution in [2.24, 2.45) is 11.8 Å². The lowest BCUT2D eigenvalue weighted by molar-refractivity contribution is -0.274. The van der Waals surface area contributed by atoms with Crippen molar-refractivity contribution >= 4 is 5.91 Å². The van der Waals surface area contributed by atoms with Crippen molar-refractivity contribution in [1.29, 1.82) is 0 Å². The van der Waals surface area contributed by atoms with Crippen LogP contribution < -0.4 is 4.74 Å². The van der Waals surface area contributed by atoms with Gasteiger partial charge in [0, 0.05) is 31.5 Å². The topological polar surface area (TPSA) is 49.8 Å². The molecule has 3 rings (SSSR count). The lowest BCUT2D eigenvalue weighted by atomic mass is 10.1. The van der Waals surface area contributed by atoms with Crippen LogP contribution in [0.1, 0.15) is 24.3 Å². The maximum Gasteiger partial charge on any atom is 0.573 e. The number of likely N-dealkylation sites (tertiary alicyclic amines) is 1. The van der Waals surface area contributed by atoms with Crippen LogP contribution in [0.4, 0.5) is 13.2 Å².